The Morgan fingerprint density at radius 2 is 1.88 bits per heavy atom. The Kier molecular flexibility index (Phi) is 8.15. The Balaban J connectivity index is 1.67. The molecule has 1 N–H and O–H groups in total. The third kappa shape index (κ3) is 6.68. The quantitative estimate of drug-likeness (QED) is 0.592. The molecular formula is C19H27N3O3. The third-order valence-electron chi connectivity index (χ3n) is 4.14. The van der Waals surface area contributed by atoms with Gasteiger partial charge in [0.25, 0.3) is 0 Å². The molecule has 6 nitrogen and oxygen atoms in total. The number of carbonyl (C=O) groups is 2. The first kappa shape index (κ1) is 19.1. The van der Waals surface area contributed by atoms with Gasteiger partial charge in [-0.25, -0.2) is 0 Å². The van der Waals surface area contributed by atoms with Crippen molar-refractivity contribution in [2.24, 2.45) is 0 Å². The van der Waals surface area contributed by atoms with E-state index in [0.717, 1.165) is 19.6 Å². The van der Waals surface area contributed by atoms with Gasteiger partial charge in [-0.2, -0.15) is 0 Å². The van der Waals surface area contributed by atoms with E-state index in [1.807, 2.05) is 18.2 Å². The Morgan fingerprint density at radius 1 is 1.16 bits per heavy atom. The molecule has 1 aromatic rings. The smallest absolute Gasteiger partial charge is 0.311 e. The number of amides is 2. The fourth-order valence-electron chi connectivity index (χ4n) is 2.67. The van der Waals surface area contributed by atoms with Gasteiger partial charge in [0.15, 0.2) is 0 Å². The normalized spacial score (nSPS) is 15.5. The fraction of sp³-hybridized carbons (Fsp3) is 0.474. The minimum Gasteiger partial charge on any atom is -0.385 e. The van der Waals surface area contributed by atoms with E-state index in [9.17, 15) is 9.59 Å². The lowest BCUT2D eigenvalue weighted by Crippen LogP contribution is -2.52. The van der Waals surface area contributed by atoms with E-state index in [1.165, 1.54) is 5.56 Å². The highest BCUT2D eigenvalue weighted by Crippen LogP contribution is 2.05. The van der Waals surface area contributed by atoms with Crippen LogP contribution in [0.3, 0.4) is 0 Å². The van der Waals surface area contributed by atoms with Crippen molar-refractivity contribution in [2.45, 2.75) is 6.42 Å². The first-order valence-electron chi connectivity index (χ1n) is 8.70. The topological polar surface area (TPSA) is 61.9 Å². The van der Waals surface area contributed by atoms with E-state index < -0.39 is 11.8 Å². The van der Waals surface area contributed by atoms with Crippen LogP contribution in [-0.4, -0.2) is 74.6 Å². The number of carbonyl (C=O) groups excluding carboxylic acids is 2. The van der Waals surface area contributed by atoms with Gasteiger partial charge < -0.3 is 15.0 Å². The Labute approximate surface area is 149 Å². The highest BCUT2D eigenvalue weighted by Gasteiger charge is 2.25. The molecule has 0 unspecified atom stereocenters. The van der Waals surface area contributed by atoms with Gasteiger partial charge in [-0.15, -0.1) is 0 Å². The van der Waals surface area contributed by atoms with Gasteiger partial charge >= 0.3 is 11.8 Å². The van der Waals surface area contributed by atoms with Crippen molar-refractivity contribution in [3.63, 3.8) is 0 Å². The molecular weight excluding hydrogens is 318 g/mol. The van der Waals surface area contributed by atoms with Crippen LogP contribution in [0.1, 0.15) is 12.0 Å². The van der Waals surface area contributed by atoms with Crippen LogP contribution < -0.4 is 5.32 Å². The molecule has 1 aromatic carbocycles. The number of nitrogens with one attached hydrogen (secondary N) is 1. The lowest BCUT2D eigenvalue weighted by molar-refractivity contribution is -0.146. The van der Waals surface area contributed by atoms with E-state index in [0.29, 0.717) is 32.7 Å². The fourth-order valence-corrected chi connectivity index (χ4v) is 2.67. The monoisotopic (exact) mass is 345 g/mol. The van der Waals surface area contributed by atoms with Crippen molar-refractivity contribution < 1.29 is 14.3 Å². The van der Waals surface area contributed by atoms with Crippen molar-refractivity contribution in [3.05, 3.63) is 42.0 Å². The molecule has 2 rings (SSSR count). The van der Waals surface area contributed by atoms with Gasteiger partial charge in [-0.3, -0.25) is 14.5 Å². The van der Waals surface area contributed by atoms with Crippen LogP contribution in [0.5, 0.6) is 0 Å². The molecule has 0 aliphatic carbocycles. The van der Waals surface area contributed by atoms with Gasteiger partial charge in [0.1, 0.15) is 0 Å². The van der Waals surface area contributed by atoms with E-state index in [4.69, 9.17) is 4.74 Å². The molecule has 0 aromatic heterocycles. The minimum absolute atomic E-state index is 0.433. The van der Waals surface area contributed by atoms with Gasteiger partial charge in [-0.1, -0.05) is 42.5 Å². The molecule has 1 fully saturated rings. The van der Waals surface area contributed by atoms with Crippen LogP contribution in [0.15, 0.2) is 36.4 Å². The predicted octanol–water partition coefficient (Wildman–Crippen LogP) is 0.997. The average molecular weight is 345 g/mol. The molecule has 0 radical (unpaired) electrons. The maximum absolute atomic E-state index is 12.1. The zero-order chi connectivity index (χ0) is 17.9. The molecule has 25 heavy (non-hydrogen) atoms. The largest absolute Gasteiger partial charge is 0.385 e. The molecule has 1 aliphatic rings. The Morgan fingerprint density at radius 3 is 2.56 bits per heavy atom. The summed E-state index contributed by atoms with van der Waals surface area (Å²) in [4.78, 5) is 27.9. The molecule has 0 bridgehead atoms. The predicted molar refractivity (Wildman–Crippen MR) is 98.0 cm³/mol. The zero-order valence-electron chi connectivity index (χ0n) is 14.8. The third-order valence-corrected chi connectivity index (χ3v) is 4.14. The highest BCUT2D eigenvalue weighted by molar-refractivity contribution is 6.35. The lowest BCUT2D eigenvalue weighted by Gasteiger charge is -2.33. The van der Waals surface area contributed by atoms with Crippen LogP contribution in [0, 0.1) is 0 Å². The summed E-state index contributed by atoms with van der Waals surface area (Å²) < 4.78 is 4.91. The number of piperazine rings is 1. The first-order chi connectivity index (χ1) is 12.2. The highest BCUT2D eigenvalue weighted by atomic mass is 16.5. The second-order valence-electron chi connectivity index (χ2n) is 6.01. The number of benzene rings is 1. The van der Waals surface area contributed by atoms with Crippen LogP contribution >= 0.6 is 0 Å². The van der Waals surface area contributed by atoms with Gasteiger partial charge in [0.05, 0.1) is 0 Å². The van der Waals surface area contributed by atoms with Gasteiger partial charge in [0.2, 0.25) is 0 Å². The molecule has 1 heterocycles. The summed E-state index contributed by atoms with van der Waals surface area (Å²) in [5, 5.41) is 2.64. The maximum atomic E-state index is 12.1. The van der Waals surface area contributed by atoms with Gasteiger partial charge in [0, 0.05) is 53.0 Å². The summed E-state index contributed by atoms with van der Waals surface area (Å²) in [6, 6.07) is 10.2. The van der Waals surface area contributed by atoms with E-state index in [-0.39, 0.29) is 0 Å². The first-order valence-corrected chi connectivity index (χ1v) is 8.70. The van der Waals surface area contributed by atoms with Crippen molar-refractivity contribution in [1.29, 1.82) is 0 Å². The molecule has 0 spiro atoms. The van der Waals surface area contributed by atoms with Crippen molar-refractivity contribution in [1.82, 2.24) is 15.1 Å². The molecule has 0 atom stereocenters. The molecule has 1 aliphatic heterocycles. The number of rotatable bonds is 7. The summed E-state index contributed by atoms with van der Waals surface area (Å²) >= 11 is 0. The summed E-state index contributed by atoms with van der Waals surface area (Å²) in [6.07, 6.45) is 4.94. The number of hydrogen-bond acceptors (Lipinski definition) is 4. The molecule has 6 heteroatoms. The van der Waals surface area contributed by atoms with E-state index >= 15 is 0 Å². The van der Waals surface area contributed by atoms with Crippen LogP contribution in [0.4, 0.5) is 0 Å². The van der Waals surface area contributed by atoms with Crippen molar-refractivity contribution in [2.75, 3.05) is 53.0 Å². The van der Waals surface area contributed by atoms with E-state index in [2.05, 4.69) is 34.5 Å². The van der Waals surface area contributed by atoms with Crippen LogP contribution in [0.2, 0.25) is 0 Å². The standard InChI is InChI=1S/C19H27N3O3/c1-25-16-6-10-20-18(23)19(24)22-14-12-21(13-15-22)11-5-9-17-7-3-2-4-8-17/h2-5,7-9H,6,10-16H2,1H3,(H,20,23)/b9-5+. The summed E-state index contributed by atoms with van der Waals surface area (Å²) in [6.45, 7) is 4.61. The summed E-state index contributed by atoms with van der Waals surface area (Å²) in [5.41, 5.74) is 1.18. The maximum Gasteiger partial charge on any atom is 0.311 e. The second-order valence-corrected chi connectivity index (χ2v) is 6.01. The Hall–Kier alpha value is -2.18. The second kappa shape index (κ2) is 10.6. The Bertz CT molecular complexity index is 567. The zero-order valence-corrected chi connectivity index (χ0v) is 14.8. The number of methoxy groups -OCH3 is 1. The average Bonchev–Trinajstić information content (AvgIpc) is 2.66. The number of hydrogen-bond donors (Lipinski definition) is 1. The number of ether oxygens (including phenoxy) is 1. The number of nitrogens with zero attached hydrogens (tertiary/aromatic N) is 2. The van der Waals surface area contributed by atoms with Gasteiger partial charge in [-0.05, 0) is 12.0 Å². The van der Waals surface area contributed by atoms with Crippen LogP contribution in [0.25, 0.3) is 6.08 Å². The minimum atomic E-state index is -0.520. The molecule has 2 amide bonds. The molecule has 136 valence electrons. The van der Waals surface area contributed by atoms with Crippen LogP contribution in [-0.2, 0) is 14.3 Å². The SMILES string of the molecule is COCCCNC(=O)C(=O)N1CCN(C/C=C/c2ccccc2)CC1. The van der Waals surface area contributed by atoms with E-state index in [1.54, 1.807) is 12.0 Å². The van der Waals surface area contributed by atoms with Crippen molar-refractivity contribution in [3.8, 4) is 0 Å². The van der Waals surface area contributed by atoms with Crippen molar-refractivity contribution >= 4 is 17.9 Å². The lowest BCUT2D eigenvalue weighted by atomic mass is 10.2. The molecule has 1 saturated heterocycles. The summed E-state index contributed by atoms with van der Waals surface area (Å²) in [7, 11) is 1.61. The summed E-state index contributed by atoms with van der Waals surface area (Å²) in [5.74, 6) is -0.953. The molecule has 0 saturated carbocycles.